The third-order valence-corrected chi connectivity index (χ3v) is 4.08. The Morgan fingerprint density at radius 1 is 1.19 bits per heavy atom. The number of anilines is 1. The number of rotatable bonds is 7. The summed E-state index contributed by atoms with van der Waals surface area (Å²) in [5.41, 5.74) is 2.97. The monoisotopic (exact) mass is 349 g/mol. The molecule has 0 aliphatic rings. The Hall–Kier alpha value is -3.26. The fraction of sp³-hybridized carbons (Fsp3) is 0.238. The molecule has 0 saturated carbocycles. The molecular formula is C21H23N3O2. The molecule has 0 radical (unpaired) electrons. The van der Waals surface area contributed by atoms with Gasteiger partial charge < -0.3 is 15.4 Å². The third kappa shape index (κ3) is 5.12. The minimum atomic E-state index is -0.460. The fourth-order valence-electron chi connectivity index (χ4n) is 2.37. The van der Waals surface area contributed by atoms with Gasteiger partial charge in [-0.3, -0.25) is 4.79 Å². The van der Waals surface area contributed by atoms with Crippen LogP contribution in [0.4, 0.5) is 5.69 Å². The Labute approximate surface area is 154 Å². The maximum Gasteiger partial charge on any atom is 0.267 e. The number of amides is 1. The van der Waals surface area contributed by atoms with E-state index < -0.39 is 5.91 Å². The molecular weight excluding hydrogens is 326 g/mol. The maximum atomic E-state index is 12.3. The number of nitriles is 1. The van der Waals surface area contributed by atoms with Gasteiger partial charge in [0.15, 0.2) is 0 Å². The van der Waals surface area contributed by atoms with Crippen molar-refractivity contribution in [3.8, 4) is 11.8 Å². The summed E-state index contributed by atoms with van der Waals surface area (Å²) in [5, 5.41) is 15.1. The molecule has 2 rings (SSSR count). The molecule has 0 bridgehead atoms. The summed E-state index contributed by atoms with van der Waals surface area (Å²) < 4.78 is 5.08. The SMILES string of the molecule is CCc1ccc(C(C)N/C=C(/C#N)C(=O)Nc2ccc(OC)cc2)cc1. The van der Waals surface area contributed by atoms with Crippen molar-refractivity contribution in [2.24, 2.45) is 0 Å². The van der Waals surface area contributed by atoms with E-state index in [0.717, 1.165) is 12.0 Å². The summed E-state index contributed by atoms with van der Waals surface area (Å²) in [4.78, 5) is 12.3. The highest BCUT2D eigenvalue weighted by molar-refractivity contribution is 6.06. The lowest BCUT2D eigenvalue weighted by molar-refractivity contribution is -0.112. The summed E-state index contributed by atoms with van der Waals surface area (Å²) in [6.45, 7) is 4.09. The van der Waals surface area contributed by atoms with E-state index in [2.05, 4.69) is 29.7 Å². The van der Waals surface area contributed by atoms with E-state index >= 15 is 0 Å². The molecule has 0 aliphatic heterocycles. The Balaban J connectivity index is 2.01. The second-order valence-corrected chi connectivity index (χ2v) is 5.84. The highest BCUT2D eigenvalue weighted by atomic mass is 16.5. The van der Waals surface area contributed by atoms with E-state index in [9.17, 15) is 10.1 Å². The van der Waals surface area contributed by atoms with Gasteiger partial charge >= 0.3 is 0 Å². The van der Waals surface area contributed by atoms with Gasteiger partial charge in [-0.1, -0.05) is 31.2 Å². The summed E-state index contributed by atoms with van der Waals surface area (Å²) in [7, 11) is 1.58. The fourth-order valence-corrected chi connectivity index (χ4v) is 2.37. The van der Waals surface area contributed by atoms with E-state index in [4.69, 9.17) is 4.74 Å². The van der Waals surface area contributed by atoms with Gasteiger partial charge in [0, 0.05) is 17.9 Å². The number of ether oxygens (including phenoxy) is 1. The smallest absolute Gasteiger partial charge is 0.267 e. The normalized spacial score (nSPS) is 12.0. The Kier molecular flexibility index (Phi) is 6.81. The molecule has 2 aromatic rings. The van der Waals surface area contributed by atoms with Gasteiger partial charge in [-0.05, 0) is 48.7 Å². The maximum absolute atomic E-state index is 12.3. The number of methoxy groups -OCH3 is 1. The van der Waals surface area contributed by atoms with Gasteiger partial charge in [-0.15, -0.1) is 0 Å². The van der Waals surface area contributed by atoms with Crippen LogP contribution in [0.5, 0.6) is 5.75 Å². The Morgan fingerprint density at radius 2 is 1.85 bits per heavy atom. The average molecular weight is 349 g/mol. The number of hydrogen-bond donors (Lipinski definition) is 2. The van der Waals surface area contributed by atoms with Crippen molar-refractivity contribution in [3.05, 3.63) is 71.4 Å². The van der Waals surface area contributed by atoms with Gasteiger partial charge in [0.1, 0.15) is 17.4 Å². The molecule has 2 aromatic carbocycles. The number of hydrogen-bond acceptors (Lipinski definition) is 4. The van der Waals surface area contributed by atoms with Crippen molar-refractivity contribution < 1.29 is 9.53 Å². The first kappa shape index (κ1) is 19.1. The largest absolute Gasteiger partial charge is 0.497 e. The molecule has 2 N–H and O–H groups in total. The molecule has 5 heteroatoms. The molecule has 0 heterocycles. The van der Waals surface area contributed by atoms with Crippen LogP contribution in [0.1, 0.15) is 31.0 Å². The number of aryl methyl sites for hydroxylation is 1. The second-order valence-electron chi connectivity index (χ2n) is 5.84. The zero-order valence-corrected chi connectivity index (χ0v) is 15.2. The lowest BCUT2D eigenvalue weighted by Gasteiger charge is -2.13. The van der Waals surface area contributed by atoms with Crippen LogP contribution in [0.15, 0.2) is 60.3 Å². The first-order valence-electron chi connectivity index (χ1n) is 8.48. The van der Waals surface area contributed by atoms with Crippen molar-refractivity contribution in [2.45, 2.75) is 26.3 Å². The summed E-state index contributed by atoms with van der Waals surface area (Å²) >= 11 is 0. The van der Waals surface area contributed by atoms with Gasteiger partial charge in [0.25, 0.3) is 5.91 Å². The highest BCUT2D eigenvalue weighted by Gasteiger charge is 2.11. The summed E-state index contributed by atoms with van der Waals surface area (Å²) in [6, 6.07) is 17.1. The van der Waals surface area contributed by atoms with Crippen molar-refractivity contribution >= 4 is 11.6 Å². The van der Waals surface area contributed by atoms with Crippen molar-refractivity contribution in [3.63, 3.8) is 0 Å². The van der Waals surface area contributed by atoms with Crippen LogP contribution < -0.4 is 15.4 Å². The third-order valence-electron chi connectivity index (χ3n) is 4.08. The number of nitrogens with one attached hydrogen (secondary N) is 2. The second kappa shape index (κ2) is 9.28. The van der Waals surface area contributed by atoms with Crippen molar-refractivity contribution in [1.29, 1.82) is 5.26 Å². The molecule has 134 valence electrons. The predicted molar refractivity (Wildman–Crippen MR) is 103 cm³/mol. The minimum Gasteiger partial charge on any atom is -0.497 e. The van der Waals surface area contributed by atoms with Crippen LogP contribution in [-0.2, 0) is 11.2 Å². The standard InChI is InChI=1S/C21H23N3O2/c1-4-16-5-7-17(8-6-16)15(2)23-14-18(13-22)21(25)24-19-9-11-20(26-3)12-10-19/h5-12,14-15,23H,4H2,1-3H3,(H,24,25)/b18-14-. The van der Waals surface area contributed by atoms with Crippen LogP contribution in [-0.4, -0.2) is 13.0 Å². The van der Waals surface area contributed by atoms with E-state index in [-0.39, 0.29) is 11.6 Å². The van der Waals surface area contributed by atoms with Crippen LogP contribution in [0.3, 0.4) is 0 Å². The summed E-state index contributed by atoms with van der Waals surface area (Å²) in [5.74, 6) is 0.238. The van der Waals surface area contributed by atoms with Crippen LogP contribution in [0.2, 0.25) is 0 Å². The molecule has 5 nitrogen and oxygen atoms in total. The predicted octanol–water partition coefficient (Wildman–Crippen LogP) is 3.95. The lowest BCUT2D eigenvalue weighted by Crippen LogP contribution is -2.18. The Morgan fingerprint density at radius 3 is 2.38 bits per heavy atom. The van der Waals surface area contributed by atoms with Crippen molar-refractivity contribution in [1.82, 2.24) is 5.32 Å². The number of benzene rings is 2. The molecule has 0 spiro atoms. The van der Waals surface area contributed by atoms with Crippen LogP contribution in [0, 0.1) is 11.3 Å². The van der Waals surface area contributed by atoms with Gasteiger partial charge in [-0.25, -0.2) is 0 Å². The van der Waals surface area contributed by atoms with E-state index in [0.29, 0.717) is 11.4 Å². The average Bonchev–Trinajstić information content (AvgIpc) is 2.69. The number of carbonyl (C=O) groups is 1. The quantitative estimate of drug-likeness (QED) is 0.586. The topological polar surface area (TPSA) is 74.2 Å². The Bertz CT molecular complexity index is 803. The molecule has 1 atom stereocenters. The van der Waals surface area contributed by atoms with Crippen LogP contribution in [0.25, 0.3) is 0 Å². The summed E-state index contributed by atoms with van der Waals surface area (Å²) in [6.07, 6.45) is 2.45. The molecule has 1 amide bonds. The lowest BCUT2D eigenvalue weighted by atomic mass is 10.1. The molecule has 0 aromatic heterocycles. The molecule has 1 unspecified atom stereocenters. The van der Waals surface area contributed by atoms with E-state index in [1.165, 1.54) is 11.8 Å². The van der Waals surface area contributed by atoms with E-state index in [1.54, 1.807) is 31.4 Å². The zero-order chi connectivity index (χ0) is 18.9. The molecule has 0 fully saturated rings. The van der Waals surface area contributed by atoms with E-state index in [1.807, 2.05) is 25.1 Å². The first-order chi connectivity index (χ1) is 12.6. The molecule has 26 heavy (non-hydrogen) atoms. The highest BCUT2D eigenvalue weighted by Crippen LogP contribution is 2.16. The van der Waals surface area contributed by atoms with Crippen molar-refractivity contribution in [2.75, 3.05) is 12.4 Å². The number of nitrogens with zero attached hydrogens (tertiary/aromatic N) is 1. The molecule has 0 aliphatic carbocycles. The number of carbonyl (C=O) groups excluding carboxylic acids is 1. The van der Waals surface area contributed by atoms with Gasteiger partial charge in [-0.2, -0.15) is 5.26 Å². The van der Waals surface area contributed by atoms with Crippen LogP contribution >= 0.6 is 0 Å². The minimum absolute atomic E-state index is 0.0119. The molecule has 0 saturated heterocycles. The van der Waals surface area contributed by atoms with Gasteiger partial charge in [0.05, 0.1) is 7.11 Å². The first-order valence-corrected chi connectivity index (χ1v) is 8.48. The van der Waals surface area contributed by atoms with Gasteiger partial charge in [0.2, 0.25) is 0 Å². The zero-order valence-electron chi connectivity index (χ0n) is 15.2.